The number of aromatic nitrogens is 2. The Morgan fingerprint density at radius 3 is 2.47 bits per heavy atom. The molecule has 2 unspecified atom stereocenters. The molecular formula is C13H24N2. The molecule has 0 saturated heterocycles. The van der Waals surface area contributed by atoms with Gasteiger partial charge in [-0.2, -0.15) is 0 Å². The third-order valence-corrected chi connectivity index (χ3v) is 3.04. The van der Waals surface area contributed by atoms with E-state index in [0.717, 1.165) is 0 Å². The molecule has 2 nitrogen and oxygen atoms in total. The Bertz CT molecular complexity index is 251. The third kappa shape index (κ3) is 3.08. The van der Waals surface area contributed by atoms with Gasteiger partial charge in [-0.1, -0.05) is 33.6 Å². The van der Waals surface area contributed by atoms with Crippen molar-refractivity contribution in [1.82, 2.24) is 9.55 Å². The van der Waals surface area contributed by atoms with E-state index in [-0.39, 0.29) is 0 Å². The van der Waals surface area contributed by atoms with Crippen LogP contribution in [-0.2, 0) is 0 Å². The molecule has 0 N–H and O–H groups in total. The molecule has 0 fully saturated rings. The Morgan fingerprint density at radius 1 is 1.20 bits per heavy atom. The van der Waals surface area contributed by atoms with Crippen LogP contribution in [0.3, 0.4) is 0 Å². The largest absolute Gasteiger partial charge is 0.332 e. The predicted octanol–water partition coefficient (Wildman–Crippen LogP) is 4.15. The first kappa shape index (κ1) is 12.3. The SMILES string of the molecule is CCCC(C)c1nccn1C(C)CCC. The smallest absolute Gasteiger partial charge is 0.111 e. The minimum atomic E-state index is 0.587. The zero-order valence-electron chi connectivity index (χ0n) is 10.5. The summed E-state index contributed by atoms with van der Waals surface area (Å²) in [6, 6.07) is 0.590. The average Bonchev–Trinajstić information content (AvgIpc) is 2.66. The Kier molecular flexibility index (Phi) is 4.86. The summed E-state index contributed by atoms with van der Waals surface area (Å²) in [7, 11) is 0. The lowest BCUT2D eigenvalue weighted by Gasteiger charge is -2.18. The number of imidazole rings is 1. The molecule has 0 radical (unpaired) electrons. The van der Waals surface area contributed by atoms with E-state index in [9.17, 15) is 0 Å². The van der Waals surface area contributed by atoms with Crippen LogP contribution in [0.2, 0.25) is 0 Å². The maximum absolute atomic E-state index is 4.50. The van der Waals surface area contributed by atoms with Crippen LogP contribution in [0.5, 0.6) is 0 Å². The van der Waals surface area contributed by atoms with Gasteiger partial charge in [0.25, 0.3) is 0 Å². The van der Waals surface area contributed by atoms with E-state index in [1.165, 1.54) is 31.5 Å². The van der Waals surface area contributed by atoms with Gasteiger partial charge in [-0.3, -0.25) is 0 Å². The normalized spacial score (nSPS) is 15.2. The molecule has 2 atom stereocenters. The summed E-state index contributed by atoms with van der Waals surface area (Å²) < 4.78 is 2.35. The van der Waals surface area contributed by atoms with Gasteiger partial charge in [0.15, 0.2) is 0 Å². The van der Waals surface area contributed by atoms with Crippen LogP contribution in [0, 0.1) is 0 Å². The number of nitrogens with zero attached hydrogens (tertiary/aromatic N) is 2. The van der Waals surface area contributed by atoms with Crippen molar-refractivity contribution >= 4 is 0 Å². The summed E-state index contributed by atoms with van der Waals surface area (Å²) in [6.07, 6.45) is 9.00. The molecular weight excluding hydrogens is 184 g/mol. The Morgan fingerprint density at radius 2 is 1.87 bits per heavy atom. The molecule has 15 heavy (non-hydrogen) atoms. The second-order valence-electron chi connectivity index (χ2n) is 4.52. The number of hydrogen-bond donors (Lipinski definition) is 0. The first-order chi connectivity index (χ1) is 7.20. The van der Waals surface area contributed by atoms with E-state index in [4.69, 9.17) is 0 Å². The van der Waals surface area contributed by atoms with Gasteiger partial charge < -0.3 is 4.57 Å². The molecule has 1 aromatic heterocycles. The average molecular weight is 208 g/mol. The van der Waals surface area contributed by atoms with E-state index >= 15 is 0 Å². The molecule has 0 aliphatic heterocycles. The standard InChI is InChI=1S/C13H24N2/c1-5-7-11(3)13-14-9-10-15(13)12(4)8-6-2/h9-12H,5-8H2,1-4H3. The first-order valence-corrected chi connectivity index (χ1v) is 6.23. The highest BCUT2D eigenvalue weighted by molar-refractivity contribution is 5.00. The Labute approximate surface area is 93.7 Å². The molecule has 0 aliphatic carbocycles. The lowest BCUT2D eigenvalue weighted by atomic mass is 10.0. The minimum Gasteiger partial charge on any atom is -0.332 e. The van der Waals surface area contributed by atoms with Crippen LogP contribution in [0.25, 0.3) is 0 Å². The molecule has 1 heterocycles. The topological polar surface area (TPSA) is 17.8 Å². The number of hydrogen-bond acceptors (Lipinski definition) is 1. The molecule has 0 spiro atoms. The zero-order chi connectivity index (χ0) is 11.3. The van der Waals surface area contributed by atoms with Gasteiger partial charge in [-0.15, -0.1) is 0 Å². The second kappa shape index (κ2) is 5.94. The van der Waals surface area contributed by atoms with Gasteiger partial charge >= 0.3 is 0 Å². The maximum Gasteiger partial charge on any atom is 0.111 e. The fraction of sp³-hybridized carbons (Fsp3) is 0.769. The van der Waals surface area contributed by atoms with Crippen LogP contribution in [-0.4, -0.2) is 9.55 Å². The van der Waals surface area contributed by atoms with Crippen LogP contribution in [0.4, 0.5) is 0 Å². The quantitative estimate of drug-likeness (QED) is 0.686. The van der Waals surface area contributed by atoms with Gasteiger partial charge in [0.2, 0.25) is 0 Å². The molecule has 0 saturated carbocycles. The molecule has 86 valence electrons. The lowest BCUT2D eigenvalue weighted by Crippen LogP contribution is -2.10. The van der Waals surface area contributed by atoms with Gasteiger partial charge in [-0.05, 0) is 19.8 Å². The summed E-state index contributed by atoms with van der Waals surface area (Å²) in [6.45, 7) is 9.04. The summed E-state index contributed by atoms with van der Waals surface area (Å²) in [5, 5.41) is 0. The summed E-state index contributed by atoms with van der Waals surface area (Å²) in [5.41, 5.74) is 0. The summed E-state index contributed by atoms with van der Waals surface area (Å²) >= 11 is 0. The van der Waals surface area contributed by atoms with Gasteiger partial charge in [0.1, 0.15) is 5.82 Å². The molecule has 0 aliphatic rings. The monoisotopic (exact) mass is 208 g/mol. The van der Waals surface area contributed by atoms with E-state index < -0.39 is 0 Å². The Hall–Kier alpha value is -0.790. The first-order valence-electron chi connectivity index (χ1n) is 6.23. The van der Waals surface area contributed by atoms with E-state index in [1.807, 2.05) is 6.20 Å². The summed E-state index contributed by atoms with van der Waals surface area (Å²) in [5.74, 6) is 1.85. The fourth-order valence-electron chi connectivity index (χ4n) is 2.20. The van der Waals surface area contributed by atoms with Crippen molar-refractivity contribution in [3.8, 4) is 0 Å². The van der Waals surface area contributed by atoms with E-state index in [0.29, 0.717) is 12.0 Å². The Balaban J connectivity index is 2.76. The maximum atomic E-state index is 4.50. The molecule has 2 heteroatoms. The zero-order valence-corrected chi connectivity index (χ0v) is 10.5. The van der Waals surface area contributed by atoms with Crippen molar-refractivity contribution in [2.24, 2.45) is 0 Å². The predicted molar refractivity (Wildman–Crippen MR) is 65.2 cm³/mol. The molecule has 1 aromatic rings. The highest BCUT2D eigenvalue weighted by Gasteiger charge is 2.14. The second-order valence-corrected chi connectivity index (χ2v) is 4.52. The van der Waals surface area contributed by atoms with Crippen molar-refractivity contribution in [3.05, 3.63) is 18.2 Å². The fourth-order valence-corrected chi connectivity index (χ4v) is 2.20. The van der Waals surface area contributed by atoms with Crippen molar-refractivity contribution in [2.45, 2.75) is 65.3 Å². The van der Waals surface area contributed by atoms with Gasteiger partial charge in [0, 0.05) is 24.4 Å². The van der Waals surface area contributed by atoms with Crippen molar-refractivity contribution < 1.29 is 0 Å². The summed E-state index contributed by atoms with van der Waals surface area (Å²) in [4.78, 5) is 4.50. The molecule has 1 rings (SSSR count). The van der Waals surface area contributed by atoms with Crippen LogP contribution >= 0.6 is 0 Å². The third-order valence-electron chi connectivity index (χ3n) is 3.04. The van der Waals surface area contributed by atoms with Crippen LogP contribution < -0.4 is 0 Å². The lowest BCUT2D eigenvalue weighted by molar-refractivity contribution is 0.461. The molecule has 0 bridgehead atoms. The molecule has 0 aromatic carbocycles. The van der Waals surface area contributed by atoms with Gasteiger partial charge in [0.05, 0.1) is 0 Å². The van der Waals surface area contributed by atoms with E-state index in [1.54, 1.807) is 0 Å². The number of rotatable bonds is 6. The highest BCUT2D eigenvalue weighted by Crippen LogP contribution is 2.23. The van der Waals surface area contributed by atoms with Crippen molar-refractivity contribution in [3.63, 3.8) is 0 Å². The van der Waals surface area contributed by atoms with E-state index in [2.05, 4.69) is 43.4 Å². The molecule has 0 amide bonds. The van der Waals surface area contributed by atoms with Crippen LogP contribution in [0.1, 0.15) is 71.2 Å². The highest BCUT2D eigenvalue weighted by atomic mass is 15.1. The van der Waals surface area contributed by atoms with Crippen molar-refractivity contribution in [2.75, 3.05) is 0 Å². The van der Waals surface area contributed by atoms with Gasteiger partial charge in [-0.25, -0.2) is 4.98 Å². The minimum absolute atomic E-state index is 0.587. The van der Waals surface area contributed by atoms with Crippen LogP contribution in [0.15, 0.2) is 12.4 Å². The van der Waals surface area contributed by atoms with Crippen molar-refractivity contribution in [1.29, 1.82) is 0 Å².